The molecule has 1 aromatic carbocycles. The van der Waals surface area contributed by atoms with Crippen LogP contribution in [0.25, 0.3) is 0 Å². The van der Waals surface area contributed by atoms with Crippen LogP contribution in [0.15, 0.2) is 29.8 Å². The van der Waals surface area contributed by atoms with Crippen LogP contribution < -0.4 is 15.0 Å². The highest BCUT2D eigenvalue weighted by molar-refractivity contribution is 7.09. The monoisotopic (exact) mass is 365 g/mol. The van der Waals surface area contributed by atoms with E-state index < -0.39 is 5.54 Å². The molecular weight excluding hydrogens is 346 g/mol. The summed E-state index contributed by atoms with van der Waals surface area (Å²) < 4.78 is 5.63. The predicted molar refractivity (Wildman–Crippen MR) is 97.1 cm³/mol. The number of benzene rings is 1. The van der Waals surface area contributed by atoms with Gasteiger partial charge in [0.25, 0.3) is 0 Å². The van der Waals surface area contributed by atoms with Crippen molar-refractivity contribution in [2.45, 2.75) is 25.8 Å². The molecule has 2 aromatic rings. The fourth-order valence-electron chi connectivity index (χ4n) is 2.72. The summed E-state index contributed by atoms with van der Waals surface area (Å²) in [7, 11) is 0. The van der Waals surface area contributed by atoms with Gasteiger partial charge in [-0.25, -0.2) is 4.98 Å². The fraction of sp³-hybridized carbons (Fsp3) is 0.412. The van der Waals surface area contributed by atoms with Crippen molar-refractivity contribution in [3.8, 4) is 5.75 Å². The Hall–Kier alpha value is -1.79. The lowest BCUT2D eigenvalue weighted by atomic mass is 10.00. The third-order valence-electron chi connectivity index (χ3n) is 4.24. The van der Waals surface area contributed by atoms with E-state index in [0.29, 0.717) is 18.2 Å². The minimum absolute atomic E-state index is 0.0395. The molecule has 1 aliphatic rings. The number of carbonyl (C=O) groups excluding carboxylic acids is 1. The first kappa shape index (κ1) is 17.0. The van der Waals surface area contributed by atoms with E-state index in [2.05, 4.69) is 10.3 Å². The van der Waals surface area contributed by atoms with Crippen LogP contribution in [0.1, 0.15) is 25.3 Å². The van der Waals surface area contributed by atoms with Gasteiger partial charge in [-0.05, 0) is 31.5 Å². The normalized spacial score (nSPS) is 16.0. The molecule has 7 heteroatoms. The van der Waals surface area contributed by atoms with Gasteiger partial charge in [0.15, 0.2) is 0 Å². The topological polar surface area (TPSA) is 54.5 Å². The van der Waals surface area contributed by atoms with Gasteiger partial charge in [-0.3, -0.25) is 4.79 Å². The molecule has 1 aromatic heterocycles. The zero-order chi connectivity index (χ0) is 17.2. The summed E-state index contributed by atoms with van der Waals surface area (Å²) in [5.41, 5.74) is 0.408. The van der Waals surface area contributed by atoms with E-state index in [-0.39, 0.29) is 12.5 Å². The number of amides is 1. The van der Waals surface area contributed by atoms with Gasteiger partial charge in [-0.2, -0.15) is 0 Å². The highest BCUT2D eigenvalue weighted by atomic mass is 35.5. The van der Waals surface area contributed by atoms with E-state index in [1.165, 1.54) is 0 Å². The number of hydrogen-bond acceptors (Lipinski definition) is 5. The Kier molecular flexibility index (Phi) is 4.96. The van der Waals surface area contributed by atoms with E-state index in [9.17, 15) is 4.79 Å². The van der Waals surface area contributed by atoms with Gasteiger partial charge in [0.1, 0.15) is 17.4 Å². The Balaban J connectivity index is 1.73. The highest BCUT2D eigenvalue weighted by Crippen LogP contribution is 2.34. The summed E-state index contributed by atoms with van der Waals surface area (Å²) in [6, 6.07) is 5.47. The number of nitrogens with zero attached hydrogens (tertiary/aromatic N) is 2. The largest absolute Gasteiger partial charge is 0.490 e. The number of aromatic nitrogens is 1. The molecule has 0 fully saturated rings. The molecule has 1 aliphatic heterocycles. The van der Waals surface area contributed by atoms with Crippen LogP contribution in [0.4, 0.5) is 5.69 Å². The van der Waals surface area contributed by atoms with Gasteiger partial charge >= 0.3 is 0 Å². The number of nitrogens with one attached hydrogen (secondary N) is 1. The zero-order valence-electron chi connectivity index (χ0n) is 13.7. The zero-order valence-corrected chi connectivity index (χ0v) is 15.3. The van der Waals surface area contributed by atoms with Crippen LogP contribution in [-0.4, -0.2) is 30.6 Å². The van der Waals surface area contributed by atoms with Crippen molar-refractivity contribution in [2.75, 3.05) is 24.6 Å². The molecule has 1 N–H and O–H groups in total. The van der Waals surface area contributed by atoms with E-state index >= 15 is 0 Å². The van der Waals surface area contributed by atoms with Crippen LogP contribution in [0, 0.1) is 0 Å². The summed E-state index contributed by atoms with van der Waals surface area (Å²) in [4.78, 5) is 19.0. The molecule has 0 saturated carbocycles. The molecule has 24 heavy (non-hydrogen) atoms. The molecule has 128 valence electrons. The van der Waals surface area contributed by atoms with E-state index in [4.69, 9.17) is 16.3 Å². The quantitative estimate of drug-likeness (QED) is 0.881. The first-order chi connectivity index (χ1) is 11.5. The molecule has 0 spiro atoms. The second-order valence-corrected chi connectivity index (χ2v) is 7.28. The Bertz CT molecular complexity index is 723. The van der Waals surface area contributed by atoms with E-state index in [0.717, 1.165) is 22.9 Å². The second kappa shape index (κ2) is 6.99. The molecule has 1 atom stereocenters. The smallest absolute Gasteiger partial charge is 0.240 e. The van der Waals surface area contributed by atoms with Gasteiger partial charge in [0.05, 0.1) is 24.3 Å². The highest BCUT2D eigenvalue weighted by Gasteiger charge is 2.30. The molecule has 1 unspecified atom stereocenters. The van der Waals surface area contributed by atoms with Crippen LogP contribution in [0.3, 0.4) is 0 Å². The lowest BCUT2D eigenvalue weighted by Gasteiger charge is -2.33. The molecular formula is C17H20ClN3O2S. The summed E-state index contributed by atoms with van der Waals surface area (Å²) in [6.45, 7) is 5.53. The van der Waals surface area contributed by atoms with E-state index in [1.54, 1.807) is 23.6 Å². The number of thiazole rings is 1. The minimum Gasteiger partial charge on any atom is -0.490 e. The summed E-state index contributed by atoms with van der Waals surface area (Å²) in [5.74, 6) is 0.721. The van der Waals surface area contributed by atoms with Gasteiger partial charge in [-0.15, -0.1) is 11.3 Å². The number of halogens is 1. The number of fused-ring (bicyclic) bond motifs is 1. The molecule has 0 aliphatic carbocycles. The fourth-order valence-corrected chi connectivity index (χ4v) is 3.71. The second-order valence-electron chi connectivity index (χ2n) is 5.95. The molecule has 2 heterocycles. The average Bonchev–Trinajstić information content (AvgIpc) is 3.10. The number of ether oxygens (including phenoxy) is 1. The first-order valence-corrected chi connectivity index (χ1v) is 9.16. The van der Waals surface area contributed by atoms with Gasteiger partial charge in [0.2, 0.25) is 5.91 Å². The summed E-state index contributed by atoms with van der Waals surface area (Å²) >= 11 is 7.64. The van der Waals surface area contributed by atoms with Crippen molar-refractivity contribution in [2.24, 2.45) is 0 Å². The lowest BCUT2D eigenvalue weighted by molar-refractivity contribution is -0.121. The summed E-state index contributed by atoms with van der Waals surface area (Å²) in [6.07, 6.45) is 2.54. The average molecular weight is 366 g/mol. The first-order valence-electron chi connectivity index (χ1n) is 7.90. The maximum absolute atomic E-state index is 12.6. The third-order valence-corrected chi connectivity index (χ3v) is 5.51. The number of anilines is 1. The van der Waals surface area contributed by atoms with Crippen LogP contribution >= 0.6 is 22.9 Å². The summed E-state index contributed by atoms with van der Waals surface area (Å²) in [5, 5.41) is 6.61. The predicted octanol–water partition coefficient (Wildman–Crippen LogP) is 3.44. The van der Waals surface area contributed by atoms with Crippen molar-refractivity contribution >= 4 is 34.5 Å². The Labute approximate surface area is 150 Å². The number of rotatable bonds is 5. The molecule has 0 saturated heterocycles. The molecule has 1 amide bonds. The molecule has 5 nitrogen and oxygen atoms in total. The van der Waals surface area contributed by atoms with Crippen LogP contribution in [0.5, 0.6) is 5.75 Å². The maximum Gasteiger partial charge on any atom is 0.240 e. The molecule has 3 rings (SSSR count). The van der Waals surface area contributed by atoms with Gasteiger partial charge in [-0.1, -0.05) is 18.5 Å². The van der Waals surface area contributed by atoms with E-state index in [1.807, 2.05) is 36.3 Å². The Morgan fingerprint density at radius 2 is 2.38 bits per heavy atom. The lowest BCUT2D eigenvalue weighted by Crippen LogP contribution is -2.48. The maximum atomic E-state index is 12.6. The molecule has 0 bridgehead atoms. The van der Waals surface area contributed by atoms with Gasteiger partial charge in [0, 0.05) is 16.6 Å². The van der Waals surface area contributed by atoms with Crippen LogP contribution in [-0.2, 0) is 10.3 Å². The Morgan fingerprint density at radius 3 is 3.08 bits per heavy atom. The van der Waals surface area contributed by atoms with Crippen molar-refractivity contribution < 1.29 is 9.53 Å². The van der Waals surface area contributed by atoms with Crippen molar-refractivity contribution in [1.29, 1.82) is 0 Å². The van der Waals surface area contributed by atoms with Crippen molar-refractivity contribution in [3.05, 3.63) is 39.8 Å². The standard InChI is InChI=1S/C17H20ClN3O2S/c1-3-17(2,16-19-6-9-24-16)20-15(22)11-21-7-8-23-14-5-4-12(18)10-13(14)21/h4-6,9-10H,3,7-8,11H2,1-2H3,(H,20,22). The Morgan fingerprint density at radius 1 is 1.54 bits per heavy atom. The van der Waals surface area contributed by atoms with Gasteiger partial charge < -0.3 is 15.0 Å². The third kappa shape index (κ3) is 3.49. The molecule has 0 radical (unpaired) electrons. The minimum atomic E-state index is -0.450. The van der Waals surface area contributed by atoms with Crippen molar-refractivity contribution in [3.63, 3.8) is 0 Å². The number of hydrogen-bond donors (Lipinski definition) is 1. The SMILES string of the molecule is CCC(C)(NC(=O)CN1CCOc2ccc(Cl)cc21)c1nccs1. The van der Waals surface area contributed by atoms with Crippen LogP contribution in [0.2, 0.25) is 5.02 Å². The van der Waals surface area contributed by atoms with Crippen molar-refractivity contribution in [1.82, 2.24) is 10.3 Å². The number of carbonyl (C=O) groups is 1.